The minimum atomic E-state index is -2.68. The van der Waals surface area contributed by atoms with Crippen LogP contribution in [0.5, 0.6) is 0 Å². The second-order valence-corrected chi connectivity index (χ2v) is 10.8. The van der Waals surface area contributed by atoms with Gasteiger partial charge < -0.3 is 5.11 Å². The predicted octanol–water partition coefficient (Wildman–Crippen LogP) is 2.12. The summed E-state index contributed by atoms with van der Waals surface area (Å²) in [7, 11) is 0. The number of carboxylic acids is 1. The average Bonchev–Trinajstić information content (AvgIpc) is 1.59. The molecule has 0 radical (unpaired) electrons. The van der Waals surface area contributed by atoms with Gasteiger partial charge in [0.05, 0.1) is 0 Å². The zero-order valence-electron chi connectivity index (χ0n) is 4.40. The first-order valence-corrected chi connectivity index (χ1v) is 7.44. The summed E-state index contributed by atoms with van der Waals surface area (Å²) in [5, 5.41) is 8.12. The van der Waals surface area contributed by atoms with Gasteiger partial charge in [0.2, 0.25) is 0 Å². The first kappa shape index (κ1) is 9.56. The molecule has 6 heteroatoms. The highest BCUT2D eigenvalue weighted by molar-refractivity contribution is 7.64. The zero-order chi connectivity index (χ0) is 7.49. The van der Waals surface area contributed by atoms with Crippen molar-refractivity contribution in [2.24, 2.45) is 0 Å². The number of rotatable bonds is 3. The molecule has 0 rings (SSSR count). The summed E-state index contributed by atoms with van der Waals surface area (Å²) < 4.78 is 0. The first-order chi connectivity index (χ1) is 3.92. The van der Waals surface area contributed by atoms with Crippen molar-refractivity contribution in [3.8, 4) is 0 Å². The number of hydrogen-bond donors (Lipinski definition) is 1. The lowest BCUT2D eigenvalue weighted by Crippen LogP contribution is -2.10. The molecule has 0 bridgehead atoms. The van der Waals surface area contributed by atoms with Gasteiger partial charge >= 0.3 is 12.0 Å². The Morgan fingerprint density at radius 3 is 2.00 bits per heavy atom. The lowest BCUT2D eigenvalue weighted by atomic mass is 10.5. The van der Waals surface area contributed by atoms with Crippen molar-refractivity contribution in [1.29, 1.82) is 0 Å². The van der Waals surface area contributed by atoms with Crippen LogP contribution in [0.3, 0.4) is 0 Å². The summed E-state index contributed by atoms with van der Waals surface area (Å²) in [6.07, 6.45) is -0.0529. The van der Waals surface area contributed by atoms with E-state index in [9.17, 15) is 4.79 Å². The van der Waals surface area contributed by atoms with E-state index in [1.807, 2.05) is 0 Å². The quantitative estimate of drug-likeness (QED) is 0.569. The molecule has 0 saturated carbocycles. The lowest BCUT2D eigenvalue weighted by Gasteiger charge is -2.02. The van der Waals surface area contributed by atoms with Gasteiger partial charge in [-0.3, -0.25) is 4.79 Å². The van der Waals surface area contributed by atoms with Crippen molar-refractivity contribution in [2.75, 3.05) is 0 Å². The summed E-state index contributed by atoms with van der Waals surface area (Å²) in [6.45, 7) is 0. The van der Waals surface area contributed by atoms with Crippen molar-refractivity contribution < 1.29 is 9.90 Å². The molecule has 1 N–H and O–H groups in total. The van der Waals surface area contributed by atoms with E-state index in [-0.39, 0.29) is 12.5 Å². The van der Waals surface area contributed by atoms with Gasteiger partial charge in [-0.05, 0) is 6.04 Å². The van der Waals surface area contributed by atoms with Gasteiger partial charge in [0.15, 0.2) is 0 Å². The van der Waals surface area contributed by atoms with Crippen LogP contribution in [0.2, 0.25) is 6.04 Å². The second kappa shape index (κ2) is 3.66. The molecule has 0 atom stereocenters. The van der Waals surface area contributed by atoms with Crippen LogP contribution < -0.4 is 0 Å². The highest BCUT2D eigenvalue weighted by Gasteiger charge is 2.25. The maximum atomic E-state index is 9.89. The number of aliphatic carboxylic acids is 1. The smallest absolute Gasteiger partial charge is 0.341 e. The van der Waals surface area contributed by atoms with Crippen LogP contribution in [0.15, 0.2) is 0 Å². The van der Waals surface area contributed by atoms with Crippen molar-refractivity contribution in [2.45, 2.75) is 12.5 Å². The Morgan fingerprint density at radius 1 is 1.44 bits per heavy atom. The van der Waals surface area contributed by atoms with E-state index in [4.69, 9.17) is 38.3 Å². The molecule has 0 heterocycles. The van der Waals surface area contributed by atoms with Crippen LogP contribution in [-0.2, 0) is 4.79 Å². The molecule has 2 nitrogen and oxygen atoms in total. The van der Waals surface area contributed by atoms with Gasteiger partial charge in [0.1, 0.15) is 0 Å². The van der Waals surface area contributed by atoms with Crippen molar-refractivity contribution in [3.05, 3.63) is 0 Å². The van der Waals surface area contributed by atoms with Crippen LogP contribution in [-0.4, -0.2) is 17.1 Å². The van der Waals surface area contributed by atoms with Crippen LogP contribution in [0.4, 0.5) is 0 Å². The molecule has 0 aromatic heterocycles. The Balaban J connectivity index is 3.39. The molecular weight excluding hydrogens is 202 g/mol. The number of hydrogen-bond acceptors (Lipinski definition) is 1. The Kier molecular flexibility index (Phi) is 3.89. The van der Waals surface area contributed by atoms with Gasteiger partial charge in [-0.2, -0.15) is 0 Å². The van der Waals surface area contributed by atoms with Crippen molar-refractivity contribution in [1.82, 2.24) is 0 Å². The van der Waals surface area contributed by atoms with E-state index in [1.165, 1.54) is 0 Å². The molecule has 0 amide bonds. The van der Waals surface area contributed by atoms with Gasteiger partial charge in [0.25, 0.3) is 0 Å². The number of carboxylic acid groups (broad SMARTS) is 1. The summed E-state index contributed by atoms with van der Waals surface area (Å²) in [5.74, 6) is -0.922. The zero-order valence-corrected chi connectivity index (χ0v) is 7.67. The fourth-order valence-corrected chi connectivity index (χ4v) is 1.60. The first-order valence-electron chi connectivity index (χ1n) is 2.20. The van der Waals surface area contributed by atoms with Crippen molar-refractivity contribution in [3.63, 3.8) is 0 Å². The topological polar surface area (TPSA) is 37.3 Å². The third-order valence-electron chi connectivity index (χ3n) is 0.622. The molecule has 0 unspecified atom stereocenters. The largest absolute Gasteiger partial charge is 0.481 e. The summed E-state index contributed by atoms with van der Waals surface area (Å²) >= 11 is 16.2. The van der Waals surface area contributed by atoms with Gasteiger partial charge in [0, 0.05) is 6.42 Å². The highest BCUT2D eigenvalue weighted by Crippen LogP contribution is 2.25. The molecule has 0 aromatic carbocycles. The van der Waals surface area contributed by atoms with Crippen LogP contribution in [0.25, 0.3) is 0 Å². The summed E-state index contributed by atoms with van der Waals surface area (Å²) in [4.78, 5) is 9.89. The minimum Gasteiger partial charge on any atom is -0.481 e. The highest BCUT2D eigenvalue weighted by atomic mass is 35.8. The molecule has 0 saturated heterocycles. The Hall–Kier alpha value is 0.557. The van der Waals surface area contributed by atoms with Gasteiger partial charge in [-0.1, -0.05) is 0 Å². The standard InChI is InChI=1S/C3H5Cl3O2Si/c4-9(5,6)2-1-3(7)8/h1-2H2,(H,7,8). The third kappa shape index (κ3) is 8.56. The fourth-order valence-electron chi connectivity index (χ4n) is 0.249. The van der Waals surface area contributed by atoms with Crippen LogP contribution >= 0.6 is 33.2 Å². The predicted molar refractivity (Wildman–Crippen MR) is 40.4 cm³/mol. The van der Waals surface area contributed by atoms with E-state index >= 15 is 0 Å². The van der Waals surface area contributed by atoms with E-state index in [1.54, 1.807) is 0 Å². The average molecular weight is 208 g/mol. The molecule has 0 aromatic rings. The Morgan fingerprint density at radius 2 is 1.89 bits per heavy atom. The molecule has 54 valence electrons. The molecular formula is C3H5Cl3O2Si. The fraction of sp³-hybridized carbons (Fsp3) is 0.667. The maximum Gasteiger partial charge on any atom is 0.341 e. The number of carbonyl (C=O) groups is 1. The lowest BCUT2D eigenvalue weighted by molar-refractivity contribution is -0.136. The Bertz CT molecular complexity index is 110. The van der Waals surface area contributed by atoms with Crippen LogP contribution in [0.1, 0.15) is 6.42 Å². The monoisotopic (exact) mass is 206 g/mol. The second-order valence-electron chi connectivity index (χ2n) is 1.51. The molecule has 0 aliphatic rings. The Labute approximate surface area is 67.8 Å². The number of halogens is 3. The van der Waals surface area contributed by atoms with Gasteiger partial charge in [-0.15, -0.1) is 33.2 Å². The van der Waals surface area contributed by atoms with E-state index in [0.29, 0.717) is 0 Å². The van der Waals surface area contributed by atoms with E-state index in [0.717, 1.165) is 0 Å². The van der Waals surface area contributed by atoms with E-state index in [2.05, 4.69) is 0 Å². The minimum absolute atomic E-state index is 0.0529. The molecule has 9 heavy (non-hydrogen) atoms. The maximum absolute atomic E-state index is 9.89. The molecule has 0 spiro atoms. The molecule has 0 fully saturated rings. The SMILES string of the molecule is O=C(O)CC[Si](Cl)(Cl)Cl. The van der Waals surface area contributed by atoms with E-state index < -0.39 is 12.0 Å². The van der Waals surface area contributed by atoms with Crippen molar-refractivity contribution >= 4 is 45.2 Å². The molecule has 0 aliphatic carbocycles. The van der Waals surface area contributed by atoms with Crippen LogP contribution in [0, 0.1) is 0 Å². The molecule has 0 aliphatic heterocycles. The normalized spacial score (nSPS) is 11.4. The summed E-state index contributed by atoms with van der Waals surface area (Å²) in [5.41, 5.74) is 0. The third-order valence-corrected chi connectivity index (χ3v) is 3.14. The van der Waals surface area contributed by atoms with Gasteiger partial charge in [-0.25, -0.2) is 0 Å². The summed E-state index contributed by atoms with van der Waals surface area (Å²) in [6, 6.07) is -2.50.